The number of thiophene rings is 1. The number of hydrogen-bond donors (Lipinski definition) is 1. The molecule has 0 radical (unpaired) electrons. The van der Waals surface area contributed by atoms with Crippen LogP contribution < -0.4 is 5.32 Å². The second kappa shape index (κ2) is 10.8. The van der Waals surface area contributed by atoms with E-state index in [1.165, 1.54) is 17.8 Å². The van der Waals surface area contributed by atoms with Crippen LogP contribution in [0.5, 0.6) is 0 Å². The summed E-state index contributed by atoms with van der Waals surface area (Å²) in [6.45, 7) is 0.621. The Hall–Kier alpha value is -1.89. The van der Waals surface area contributed by atoms with Gasteiger partial charge in [0.1, 0.15) is 6.04 Å². The highest BCUT2D eigenvalue weighted by molar-refractivity contribution is 7.12. The van der Waals surface area contributed by atoms with Crippen molar-refractivity contribution in [1.29, 1.82) is 0 Å². The smallest absolute Gasteiger partial charge is 0.264 e. The molecule has 1 aliphatic carbocycles. The minimum atomic E-state index is -0.810. The van der Waals surface area contributed by atoms with Crippen molar-refractivity contribution in [2.45, 2.75) is 44.2 Å². The summed E-state index contributed by atoms with van der Waals surface area (Å²) >= 11 is 7.83. The molecule has 1 atom stereocenters. The second-order valence-corrected chi connectivity index (χ2v) is 8.59. The molecule has 1 heterocycles. The van der Waals surface area contributed by atoms with Gasteiger partial charge in [-0.1, -0.05) is 55.1 Å². The lowest BCUT2D eigenvalue weighted by atomic mass is 9.94. The molecule has 0 bridgehead atoms. The number of benzene rings is 1. The van der Waals surface area contributed by atoms with E-state index >= 15 is 0 Å². The van der Waals surface area contributed by atoms with Gasteiger partial charge < -0.3 is 15.0 Å². The van der Waals surface area contributed by atoms with Gasteiger partial charge in [0, 0.05) is 30.3 Å². The van der Waals surface area contributed by atoms with Crippen molar-refractivity contribution >= 4 is 34.8 Å². The fourth-order valence-electron chi connectivity index (χ4n) is 3.75. The Balaban J connectivity index is 1.94. The first-order valence-electron chi connectivity index (χ1n) is 10.00. The summed E-state index contributed by atoms with van der Waals surface area (Å²) in [6.07, 6.45) is 5.37. The zero-order chi connectivity index (χ0) is 20.6. The van der Waals surface area contributed by atoms with Gasteiger partial charge in [0.2, 0.25) is 5.91 Å². The van der Waals surface area contributed by atoms with Gasteiger partial charge in [-0.2, -0.15) is 0 Å². The standard InChI is InChI=1S/C22H27ClN2O3S/c1-28-14-13-25(22(27)19-12-7-15-29-19)20(17-10-5-6-11-18(17)23)21(26)24-16-8-3-2-4-9-16/h5-7,10-12,15-16,20H,2-4,8-9,13-14H2,1H3,(H,24,26). The summed E-state index contributed by atoms with van der Waals surface area (Å²) in [5.41, 5.74) is 0.628. The summed E-state index contributed by atoms with van der Waals surface area (Å²) in [5, 5.41) is 5.50. The summed E-state index contributed by atoms with van der Waals surface area (Å²) in [7, 11) is 1.58. The van der Waals surface area contributed by atoms with Crippen LogP contribution in [0.1, 0.15) is 53.4 Å². The average Bonchev–Trinajstić information content (AvgIpc) is 3.27. The molecule has 0 aliphatic heterocycles. The van der Waals surface area contributed by atoms with Crippen LogP contribution in [0, 0.1) is 0 Å². The van der Waals surface area contributed by atoms with E-state index in [9.17, 15) is 9.59 Å². The van der Waals surface area contributed by atoms with Gasteiger partial charge in [0.25, 0.3) is 5.91 Å². The largest absolute Gasteiger partial charge is 0.383 e. The minimum Gasteiger partial charge on any atom is -0.383 e. The third-order valence-electron chi connectivity index (χ3n) is 5.24. The number of nitrogens with one attached hydrogen (secondary N) is 1. The number of ether oxygens (including phenoxy) is 1. The van der Waals surface area contributed by atoms with Crippen molar-refractivity contribution < 1.29 is 14.3 Å². The molecule has 2 amide bonds. The predicted molar refractivity (Wildman–Crippen MR) is 116 cm³/mol. The zero-order valence-electron chi connectivity index (χ0n) is 16.6. The monoisotopic (exact) mass is 434 g/mol. The van der Waals surface area contributed by atoms with Crippen molar-refractivity contribution in [3.8, 4) is 0 Å². The molecular weight excluding hydrogens is 408 g/mol. The maximum absolute atomic E-state index is 13.4. The van der Waals surface area contributed by atoms with Crippen molar-refractivity contribution in [1.82, 2.24) is 10.2 Å². The number of carbonyl (C=O) groups is 2. The van der Waals surface area contributed by atoms with Gasteiger partial charge in [-0.05, 0) is 30.4 Å². The quantitative estimate of drug-likeness (QED) is 0.656. The molecular formula is C22H27ClN2O3S. The number of amides is 2. The Labute approximate surface area is 181 Å². The van der Waals surface area contributed by atoms with Gasteiger partial charge in [-0.3, -0.25) is 9.59 Å². The Morgan fingerprint density at radius 2 is 1.97 bits per heavy atom. The van der Waals surface area contributed by atoms with Crippen molar-refractivity contribution in [3.05, 3.63) is 57.2 Å². The number of nitrogens with zero attached hydrogens (tertiary/aromatic N) is 1. The maximum atomic E-state index is 13.4. The zero-order valence-corrected chi connectivity index (χ0v) is 18.2. The van der Waals surface area contributed by atoms with E-state index in [1.807, 2.05) is 29.6 Å². The van der Waals surface area contributed by atoms with Crippen LogP contribution in [-0.2, 0) is 9.53 Å². The van der Waals surface area contributed by atoms with E-state index in [0.29, 0.717) is 28.6 Å². The third-order valence-corrected chi connectivity index (χ3v) is 6.44. The van der Waals surface area contributed by atoms with Gasteiger partial charge >= 0.3 is 0 Å². The lowest BCUT2D eigenvalue weighted by Gasteiger charge is -2.33. The molecule has 2 aromatic rings. The number of rotatable bonds is 8. The summed E-state index contributed by atoms with van der Waals surface area (Å²) in [6, 6.07) is 10.2. The lowest BCUT2D eigenvalue weighted by Crippen LogP contribution is -2.48. The fourth-order valence-corrected chi connectivity index (χ4v) is 4.67. The Bertz CT molecular complexity index is 806. The molecule has 5 nitrogen and oxygen atoms in total. The molecule has 0 saturated heterocycles. The molecule has 156 valence electrons. The van der Waals surface area contributed by atoms with E-state index in [1.54, 1.807) is 24.1 Å². The lowest BCUT2D eigenvalue weighted by molar-refractivity contribution is -0.127. The highest BCUT2D eigenvalue weighted by Crippen LogP contribution is 2.30. The molecule has 1 fully saturated rings. The van der Waals surface area contributed by atoms with Crippen molar-refractivity contribution in [2.24, 2.45) is 0 Å². The van der Waals surface area contributed by atoms with E-state index in [2.05, 4.69) is 5.32 Å². The Morgan fingerprint density at radius 3 is 2.62 bits per heavy atom. The summed E-state index contributed by atoms with van der Waals surface area (Å²) in [5.74, 6) is -0.383. The van der Waals surface area contributed by atoms with Crippen LogP contribution in [0.25, 0.3) is 0 Å². The Kier molecular flexibility index (Phi) is 8.09. The number of methoxy groups -OCH3 is 1. The van der Waals surface area contributed by atoms with E-state index < -0.39 is 6.04 Å². The molecule has 1 N–H and O–H groups in total. The van der Waals surface area contributed by atoms with Gasteiger partial charge in [-0.15, -0.1) is 11.3 Å². The maximum Gasteiger partial charge on any atom is 0.264 e. The summed E-state index contributed by atoms with van der Waals surface area (Å²) < 4.78 is 5.23. The molecule has 0 spiro atoms. The second-order valence-electron chi connectivity index (χ2n) is 7.24. The highest BCUT2D eigenvalue weighted by atomic mass is 35.5. The average molecular weight is 435 g/mol. The first-order chi connectivity index (χ1) is 14.1. The molecule has 1 aromatic carbocycles. The molecule has 29 heavy (non-hydrogen) atoms. The van der Waals surface area contributed by atoms with Crippen molar-refractivity contribution in [2.75, 3.05) is 20.3 Å². The van der Waals surface area contributed by atoms with E-state index in [-0.39, 0.29) is 17.9 Å². The molecule has 3 rings (SSSR count). The molecule has 1 saturated carbocycles. The SMILES string of the molecule is COCCN(C(=O)c1cccs1)C(C(=O)NC1CCCCC1)c1ccccc1Cl. The van der Waals surface area contributed by atoms with Crippen molar-refractivity contribution in [3.63, 3.8) is 0 Å². The van der Waals surface area contributed by atoms with Crippen LogP contribution in [0.2, 0.25) is 5.02 Å². The molecule has 1 unspecified atom stereocenters. The molecule has 1 aromatic heterocycles. The van der Waals surface area contributed by atoms with Crippen LogP contribution >= 0.6 is 22.9 Å². The van der Waals surface area contributed by atoms with E-state index in [4.69, 9.17) is 16.3 Å². The number of carbonyl (C=O) groups excluding carboxylic acids is 2. The van der Waals surface area contributed by atoms with Crippen LogP contribution in [0.3, 0.4) is 0 Å². The van der Waals surface area contributed by atoms with Crippen LogP contribution in [0.4, 0.5) is 0 Å². The van der Waals surface area contributed by atoms with Gasteiger partial charge in [-0.25, -0.2) is 0 Å². The Morgan fingerprint density at radius 1 is 1.21 bits per heavy atom. The first-order valence-corrected chi connectivity index (χ1v) is 11.3. The van der Waals surface area contributed by atoms with Crippen LogP contribution in [-0.4, -0.2) is 43.0 Å². The van der Waals surface area contributed by atoms with E-state index in [0.717, 1.165) is 25.7 Å². The topological polar surface area (TPSA) is 58.6 Å². The van der Waals surface area contributed by atoms with Crippen LogP contribution in [0.15, 0.2) is 41.8 Å². The normalized spacial score (nSPS) is 15.7. The number of hydrogen-bond acceptors (Lipinski definition) is 4. The highest BCUT2D eigenvalue weighted by Gasteiger charge is 2.34. The summed E-state index contributed by atoms with van der Waals surface area (Å²) in [4.78, 5) is 28.9. The van der Waals surface area contributed by atoms with Gasteiger partial charge in [0.05, 0.1) is 11.5 Å². The third kappa shape index (κ3) is 5.59. The predicted octanol–water partition coefficient (Wildman–Crippen LogP) is 4.68. The van der Waals surface area contributed by atoms with Gasteiger partial charge in [0.15, 0.2) is 0 Å². The number of halogens is 1. The molecule has 7 heteroatoms. The molecule has 1 aliphatic rings. The minimum absolute atomic E-state index is 0.141. The fraction of sp³-hybridized carbons (Fsp3) is 0.455. The first kappa shape index (κ1) is 21.8.